The highest BCUT2D eigenvalue weighted by atomic mass is 35.5. The summed E-state index contributed by atoms with van der Waals surface area (Å²) in [5.41, 5.74) is 4.73. The van der Waals surface area contributed by atoms with Crippen LogP contribution in [0.1, 0.15) is 40.7 Å². The molecular weight excluding hydrogens is 486 g/mol. The topological polar surface area (TPSA) is 79.2 Å². The molecule has 2 aromatic carbocycles. The predicted molar refractivity (Wildman–Crippen MR) is 145 cm³/mol. The van der Waals surface area contributed by atoms with Crippen LogP contribution in [0.4, 0.5) is 0 Å². The quantitative estimate of drug-likeness (QED) is 0.543. The van der Waals surface area contributed by atoms with E-state index >= 15 is 0 Å². The maximum atomic E-state index is 12.7. The van der Waals surface area contributed by atoms with Gasteiger partial charge >= 0.3 is 0 Å². The third-order valence-electron chi connectivity index (χ3n) is 7.99. The molecule has 37 heavy (non-hydrogen) atoms. The van der Waals surface area contributed by atoms with E-state index in [1.54, 1.807) is 6.07 Å². The number of pyridine rings is 1. The lowest BCUT2D eigenvalue weighted by Gasteiger charge is -2.32. The minimum atomic E-state index is -0.173. The van der Waals surface area contributed by atoms with Crippen molar-refractivity contribution in [3.05, 3.63) is 82.6 Å². The van der Waals surface area contributed by atoms with E-state index in [0.29, 0.717) is 30.3 Å². The molecule has 2 atom stereocenters. The van der Waals surface area contributed by atoms with Crippen molar-refractivity contribution in [1.29, 1.82) is 0 Å². The summed E-state index contributed by atoms with van der Waals surface area (Å²) in [6.45, 7) is 1.93. The lowest BCUT2D eigenvalue weighted by Crippen LogP contribution is -2.42. The molecule has 0 spiro atoms. The van der Waals surface area contributed by atoms with Gasteiger partial charge in [-0.05, 0) is 60.7 Å². The fourth-order valence-electron chi connectivity index (χ4n) is 5.76. The van der Waals surface area contributed by atoms with Crippen LogP contribution >= 0.6 is 11.6 Å². The number of carbonyl (C=O) groups is 1. The van der Waals surface area contributed by atoms with Crippen molar-refractivity contribution >= 4 is 46.2 Å². The number of hydrogen-bond donors (Lipinski definition) is 1. The van der Waals surface area contributed by atoms with Crippen molar-refractivity contribution in [2.75, 3.05) is 19.8 Å². The number of nitrogens with one attached hydrogen (secondary N) is 1. The van der Waals surface area contributed by atoms with Crippen molar-refractivity contribution in [2.45, 2.75) is 36.8 Å². The highest BCUT2D eigenvalue weighted by Gasteiger charge is 2.55. The zero-order valence-electron chi connectivity index (χ0n) is 20.2. The van der Waals surface area contributed by atoms with Crippen LogP contribution in [0.25, 0.3) is 16.5 Å². The van der Waals surface area contributed by atoms with Crippen molar-refractivity contribution in [1.82, 2.24) is 15.2 Å². The molecule has 4 heterocycles. The molecule has 1 saturated heterocycles. The minimum Gasteiger partial charge on any atom is -0.379 e. The van der Waals surface area contributed by atoms with Crippen molar-refractivity contribution in [3.63, 3.8) is 0 Å². The third kappa shape index (κ3) is 3.93. The van der Waals surface area contributed by atoms with Gasteiger partial charge < -0.3 is 15.0 Å². The van der Waals surface area contributed by atoms with Gasteiger partial charge in [-0.15, -0.1) is 0 Å². The highest BCUT2D eigenvalue weighted by molar-refractivity contribution is 6.34. The molecule has 186 valence electrons. The molecule has 1 amide bonds. The van der Waals surface area contributed by atoms with Gasteiger partial charge in [-0.25, -0.2) is 9.98 Å². The van der Waals surface area contributed by atoms with Gasteiger partial charge in [0, 0.05) is 41.6 Å². The maximum Gasteiger partial charge on any atom is 0.253 e. The number of rotatable bonds is 5. The normalized spacial score (nSPS) is 23.5. The first kappa shape index (κ1) is 22.6. The molecule has 4 aliphatic rings. The number of amides is 1. The smallest absolute Gasteiger partial charge is 0.253 e. The first-order valence-corrected chi connectivity index (χ1v) is 13.1. The predicted octanol–water partition coefficient (Wildman–Crippen LogP) is 4.60. The molecule has 2 unspecified atom stereocenters. The lowest BCUT2D eigenvalue weighted by molar-refractivity contribution is 0.0930. The zero-order valence-corrected chi connectivity index (χ0v) is 21.0. The van der Waals surface area contributed by atoms with E-state index in [1.165, 1.54) is 5.56 Å². The molecule has 0 radical (unpaired) electrons. The van der Waals surface area contributed by atoms with E-state index in [9.17, 15) is 4.79 Å². The van der Waals surface area contributed by atoms with E-state index in [-0.39, 0.29) is 23.4 Å². The molecular formula is C29H26ClN5O2. The average molecular weight is 512 g/mol. The van der Waals surface area contributed by atoms with Gasteiger partial charge in [-0.2, -0.15) is 0 Å². The summed E-state index contributed by atoms with van der Waals surface area (Å²) >= 11 is 6.57. The molecule has 1 N–H and O–H groups in total. The molecule has 3 aliphatic heterocycles. The number of benzene rings is 2. The Kier molecular flexibility index (Phi) is 5.37. The van der Waals surface area contributed by atoms with Gasteiger partial charge in [0.05, 0.1) is 41.3 Å². The number of guanidine groups is 1. The number of aliphatic imine (C=N–C) groups is 2. The van der Waals surface area contributed by atoms with E-state index in [4.69, 9.17) is 21.3 Å². The lowest BCUT2D eigenvalue weighted by atomic mass is 9.86. The second-order valence-corrected chi connectivity index (χ2v) is 10.6. The number of ether oxygens (including phenoxy) is 1. The van der Waals surface area contributed by atoms with E-state index < -0.39 is 0 Å². The molecule has 7 rings (SSSR count). The Balaban J connectivity index is 1.15. The van der Waals surface area contributed by atoms with E-state index in [2.05, 4.69) is 50.7 Å². The van der Waals surface area contributed by atoms with E-state index in [0.717, 1.165) is 47.3 Å². The number of allylic oxidation sites excluding steroid dienone is 1. The molecule has 0 bridgehead atoms. The number of hydrogen-bond acceptors (Lipinski definition) is 6. The Bertz CT molecular complexity index is 1500. The van der Waals surface area contributed by atoms with E-state index in [1.807, 2.05) is 30.6 Å². The number of aromatic nitrogens is 1. The first-order valence-electron chi connectivity index (χ1n) is 12.7. The van der Waals surface area contributed by atoms with Crippen LogP contribution in [0.2, 0.25) is 5.02 Å². The van der Waals surface area contributed by atoms with Gasteiger partial charge in [-0.3, -0.25) is 9.78 Å². The Morgan fingerprint density at radius 3 is 2.89 bits per heavy atom. The molecule has 1 aliphatic carbocycles. The molecule has 8 heteroatoms. The monoisotopic (exact) mass is 511 g/mol. The summed E-state index contributed by atoms with van der Waals surface area (Å²) in [7, 11) is 0. The molecule has 3 aromatic rings. The zero-order chi connectivity index (χ0) is 25.0. The number of fused-ring (bicyclic) bond motifs is 2. The maximum absolute atomic E-state index is 12.7. The second kappa shape index (κ2) is 8.78. The minimum absolute atomic E-state index is 0.0369. The van der Waals surface area contributed by atoms with Crippen LogP contribution in [0, 0.1) is 0 Å². The van der Waals surface area contributed by atoms with Gasteiger partial charge in [0.25, 0.3) is 5.91 Å². The van der Waals surface area contributed by atoms with Crippen molar-refractivity contribution in [2.24, 2.45) is 9.98 Å². The van der Waals surface area contributed by atoms with Crippen molar-refractivity contribution < 1.29 is 9.53 Å². The largest absolute Gasteiger partial charge is 0.379 e. The Hall–Kier alpha value is -3.55. The number of carbonyl (C=O) groups excluding carboxylic acids is 1. The van der Waals surface area contributed by atoms with Crippen LogP contribution in [0.3, 0.4) is 0 Å². The van der Waals surface area contributed by atoms with Gasteiger partial charge in [-0.1, -0.05) is 29.8 Å². The molecule has 7 nitrogen and oxygen atoms in total. The SMILES string of the molecule is O=C(NC1CCOC1)c1ccc(C2=CN3C(=NCC3C3(c4ccc5ncccc5c4)CC3)N=C2)cc1Cl. The fourth-order valence-corrected chi connectivity index (χ4v) is 6.02. The van der Waals surface area contributed by atoms with Crippen LogP contribution < -0.4 is 5.32 Å². The van der Waals surface area contributed by atoms with Crippen LogP contribution in [-0.2, 0) is 10.2 Å². The molecule has 1 saturated carbocycles. The second-order valence-electron chi connectivity index (χ2n) is 10.2. The van der Waals surface area contributed by atoms with Crippen LogP contribution in [0.15, 0.2) is 70.9 Å². The van der Waals surface area contributed by atoms with Crippen LogP contribution in [-0.4, -0.2) is 59.8 Å². The summed E-state index contributed by atoms with van der Waals surface area (Å²) in [5, 5.41) is 4.59. The van der Waals surface area contributed by atoms with Gasteiger partial charge in [0.15, 0.2) is 0 Å². The number of nitrogens with zero attached hydrogens (tertiary/aromatic N) is 4. The Morgan fingerprint density at radius 1 is 1.16 bits per heavy atom. The summed E-state index contributed by atoms with van der Waals surface area (Å²) in [6, 6.07) is 16.5. The fraction of sp³-hybridized carbons (Fsp3) is 0.310. The highest BCUT2D eigenvalue weighted by Crippen LogP contribution is 2.54. The average Bonchev–Trinajstić information content (AvgIpc) is 3.35. The Labute approximate surface area is 219 Å². The summed E-state index contributed by atoms with van der Waals surface area (Å²) in [6.07, 6.45) is 8.87. The van der Waals surface area contributed by atoms with Gasteiger partial charge in [0.1, 0.15) is 0 Å². The molecule has 2 fully saturated rings. The standard InChI is InChI=1S/C29H26ClN5O2/c30-24-13-18(3-5-23(24)27(36)34-22-7-11-37-17-22)20-14-32-28-33-15-26(35(28)16-20)29(8-9-29)21-4-6-25-19(12-21)2-1-10-31-25/h1-6,10,12-14,16,22,26H,7-9,11,15,17H2,(H,34,36). The van der Waals surface area contributed by atoms with Crippen LogP contribution in [0.5, 0.6) is 0 Å². The first-order chi connectivity index (χ1) is 18.1. The van der Waals surface area contributed by atoms with Crippen molar-refractivity contribution in [3.8, 4) is 0 Å². The van der Waals surface area contributed by atoms with Gasteiger partial charge in [0.2, 0.25) is 5.96 Å². The summed E-state index contributed by atoms with van der Waals surface area (Å²) < 4.78 is 5.35. The Morgan fingerprint density at radius 2 is 2.08 bits per heavy atom. The summed E-state index contributed by atoms with van der Waals surface area (Å²) in [4.78, 5) is 28.9. The summed E-state index contributed by atoms with van der Waals surface area (Å²) in [5.74, 6) is 0.581. The third-order valence-corrected chi connectivity index (χ3v) is 8.30. The number of halogens is 1. The molecule has 1 aromatic heterocycles.